The van der Waals surface area contributed by atoms with E-state index in [9.17, 15) is 9.59 Å². The van der Waals surface area contributed by atoms with Gasteiger partial charge >= 0.3 is 0 Å². The fourth-order valence-corrected chi connectivity index (χ4v) is 4.20. The van der Waals surface area contributed by atoms with Crippen molar-refractivity contribution in [2.75, 3.05) is 7.05 Å². The van der Waals surface area contributed by atoms with Crippen molar-refractivity contribution in [3.8, 4) is 0 Å². The molecule has 1 aliphatic carbocycles. The third-order valence-electron chi connectivity index (χ3n) is 5.22. The number of piperidine rings is 1. The van der Waals surface area contributed by atoms with E-state index in [1.54, 1.807) is 0 Å². The van der Waals surface area contributed by atoms with E-state index in [4.69, 9.17) is 0 Å². The van der Waals surface area contributed by atoms with Gasteiger partial charge in [0, 0.05) is 35.9 Å². The number of hydrogen-bond donors (Lipinski definition) is 1. The second-order valence-electron chi connectivity index (χ2n) is 6.16. The van der Waals surface area contributed by atoms with Crippen molar-refractivity contribution in [3.63, 3.8) is 0 Å². The number of H-pyrrole nitrogens is 1. The summed E-state index contributed by atoms with van der Waals surface area (Å²) in [5, 5.41) is 1.07. The number of amides is 1. The summed E-state index contributed by atoms with van der Waals surface area (Å²) in [6.07, 6.45) is 1.26. The molecule has 2 heterocycles. The lowest BCUT2D eigenvalue weighted by molar-refractivity contribution is -0.139. The maximum Gasteiger partial charge on any atom is 0.223 e. The van der Waals surface area contributed by atoms with Gasteiger partial charge < -0.3 is 9.88 Å². The Bertz CT molecular complexity index is 761. The van der Waals surface area contributed by atoms with E-state index in [0.29, 0.717) is 6.42 Å². The molecule has 3 atom stereocenters. The molecule has 1 fully saturated rings. The van der Waals surface area contributed by atoms with Crippen LogP contribution in [0.1, 0.15) is 41.9 Å². The number of ketones is 1. The first-order valence-corrected chi connectivity index (χ1v) is 7.54. The molecule has 1 saturated heterocycles. The average Bonchev–Trinajstić information content (AvgIpc) is 2.87. The van der Waals surface area contributed by atoms with Crippen molar-refractivity contribution in [2.45, 2.75) is 25.8 Å². The number of rotatable bonds is 1. The van der Waals surface area contributed by atoms with Gasteiger partial charge in [-0.2, -0.15) is 0 Å². The largest absolute Gasteiger partial charge is 0.352 e. The predicted octanol–water partition coefficient (Wildman–Crippen LogP) is 2.91. The zero-order valence-electron chi connectivity index (χ0n) is 12.2. The summed E-state index contributed by atoms with van der Waals surface area (Å²) in [6.45, 7) is 2.11. The van der Waals surface area contributed by atoms with E-state index < -0.39 is 0 Å². The molecule has 2 aliphatic rings. The third kappa shape index (κ3) is 1.50. The fourth-order valence-electron chi connectivity index (χ4n) is 4.20. The number of Topliss-reactive ketones (excluding diaryl/α,β-unsaturated/α-hetero) is 1. The minimum Gasteiger partial charge on any atom is -0.352 e. The summed E-state index contributed by atoms with van der Waals surface area (Å²) >= 11 is 0. The topological polar surface area (TPSA) is 53.2 Å². The third-order valence-corrected chi connectivity index (χ3v) is 5.22. The van der Waals surface area contributed by atoms with Gasteiger partial charge in [0.2, 0.25) is 5.91 Å². The average molecular weight is 282 g/mol. The summed E-state index contributed by atoms with van der Waals surface area (Å²) in [7, 11) is 1.87. The second kappa shape index (κ2) is 4.20. The lowest BCUT2D eigenvalue weighted by Crippen LogP contribution is -2.50. The Morgan fingerprint density at radius 1 is 1.29 bits per heavy atom. The Morgan fingerprint density at radius 3 is 2.81 bits per heavy atom. The molecule has 108 valence electrons. The van der Waals surface area contributed by atoms with Crippen LogP contribution >= 0.6 is 0 Å². The van der Waals surface area contributed by atoms with Gasteiger partial charge in [-0.05, 0) is 12.0 Å². The molecule has 0 saturated carbocycles. The van der Waals surface area contributed by atoms with Crippen LogP contribution in [0.25, 0.3) is 10.9 Å². The van der Waals surface area contributed by atoms with E-state index >= 15 is 0 Å². The highest BCUT2D eigenvalue weighted by molar-refractivity contribution is 6.07. The van der Waals surface area contributed by atoms with Gasteiger partial charge in [0.1, 0.15) is 0 Å². The molecule has 4 rings (SSSR count). The molecule has 2 aromatic rings. The Balaban J connectivity index is 2.04. The maximum absolute atomic E-state index is 12.8. The number of aromatic nitrogens is 1. The van der Waals surface area contributed by atoms with E-state index in [1.807, 2.05) is 36.2 Å². The van der Waals surface area contributed by atoms with Gasteiger partial charge in [0.05, 0.1) is 11.7 Å². The van der Waals surface area contributed by atoms with Gasteiger partial charge in [-0.25, -0.2) is 0 Å². The number of nitrogens with zero attached hydrogens (tertiary/aromatic N) is 1. The molecule has 1 aliphatic heterocycles. The van der Waals surface area contributed by atoms with Crippen molar-refractivity contribution in [3.05, 3.63) is 35.5 Å². The molecule has 1 aromatic carbocycles. The zero-order chi connectivity index (χ0) is 14.7. The SMILES string of the molecule is CCC1C2CC(=O)N(C)C1c1c([nH]c3ccccc13)C2=O. The normalized spacial score (nSPS) is 28.1. The number of hydrogen-bond acceptors (Lipinski definition) is 2. The Hall–Kier alpha value is -2.10. The summed E-state index contributed by atoms with van der Waals surface area (Å²) in [6, 6.07) is 8.00. The van der Waals surface area contributed by atoms with Crippen LogP contribution in [0.5, 0.6) is 0 Å². The molecule has 3 unspecified atom stereocenters. The zero-order valence-corrected chi connectivity index (χ0v) is 12.2. The van der Waals surface area contributed by atoms with E-state index in [2.05, 4.69) is 11.9 Å². The molecule has 4 heteroatoms. The molecule has 2 bridgehead atoms. The first-order valence-electron chi connectivity index (χ1n) is 7.54. The standard InChI is InChI=1S/C17H18N2O2/c1-3-9-11-8-13(20)19(2)16(9)14-10-6-4-5-7-12(10)18-15(14)17(11)21/h4-7,9,11,16,18H,3,8H2,1-2H3. The van der Waals surface area contributed by atoms with Crippen molar-refractivity contribution >= 4 is 22.6 Å². The molecular weight excluding hydrogens is 264 g/mol. The van der Waals surface area contributed by atoms with Gasteiger partial charge in [-0.1, -0.05) is 31.5 Å². The number of likely N-dealkylation sites (tertiary alicyclic amines) is 1. The molecule has 1 N–H and O–H groups in total. The quantitative estimate of drug-likeness (QED) is 0.874. The van der Waals surface area contributed by atoms with Crippen molar-refractivity contribution in [2.24, 2.45) is 11.8 Å². The smallest absolute Gasteiger partial charge is 0.223 e. The monoisotopic (exact) mass is 282 g/mol. The second-order valence-corrected chi connectivity index (χ2v) is 6.16. The molecule has 0 spiro atoms. The highest BCUT2D eigenvalue weighted by Crippen LogP contribution is 2.49. The van der Waals surface area contributed by atoms with Crippen LogP contribution < -0.4 is 0 Å². The molecular formula is C17H18N2O2. The summed E-state index contributed by atoms with van der Waals surface area (Å²) < 4.78 is 0. The van der Waals surface area contributed by atoms with Crippen molar-refractivity contribution in [1.82, 2.24) is 9.88 Å². The predicted molar refractivity (Wildman–Crippen MR) is 80.0 cm³/mol. The van der Waals surface area contributed by atoms with Crippen molar-refractivity contribution < 1.29 is 9.59 Å². The van der Waals surface area contributed by atoms with Crippen molar-refractivity contribution in [1.29, 1.82) is 0 Å². The number of aromatic amines is 1. The van der Waals surface area contributed by atoms with E-state index in [-0.39, 0.29) is 29.6 Å². The Kier molecular flexibility index (Phi) is 2.52. The van der Waals surface area contributed by atoms with Crippen LogP contribution in [0.4, 0.5) is 0 Å². The minimum atomic E-state index is -0.163. The van der Waals surface area contributed by atoms with Crippen LogP contribution in [0.3, 0.4) is 0 Å². The first kappa shape index (κ1) is 12.6. The van der Waals surface area contributed by atoms with Crippen LogP contribution in [0, 0.1) is 11.8 Å². The van der Waals surface area contributed by atoms with Gasteiger partial charge in [0.25, 0.3) is 0 Å². The number of carbonyl (C=O) groups excluding carboxylic acids is 2. The number of nitrogens with one attached hydrogen (secondary N) is 1. The van der Waals surface area contributed by atoms with Crippen LogP contribution in [0.15, 0.2) is 24.3 Å². The van der Waals surface area contributed by atoms with E-state index in [0.717, 1.165) is 28.6 Å². The van der Waals surface area contributed by atoms with E-state index in [1.165, 1.54) is 0 Å². The number of para-hydroxylation sites is 1. The summed E-state index contributed by atoms with van der Waals surface area (Å²) in [4.78, 5) is 30.2. The first-order chi connectivity index (χ1) is 10.1. The lowest BCUT2D eigenvalue weighted by atomic mass is 9.68. The molecule has 0 radical (unpaired) electrons. The van der Waals surface area contributed by atoms with Crippen LogP contribution in [-0.4, -0.2) is 28.6 Å². The Morgan fingerprint density at radius 2 is 2.05 bits per heavy atom. The fraction of sp³-hybridized carbons (Fsp3) is 0.412. The highest BCUT2D eigenvalue weighted by atomic mass is 16.2. The minimum absolute atomic E-state index is 0.0186. The summed E-state index contributed by atoms with van der Waals surface area (Å²) in [5.74, 6) is 0.265. The Labute approximate surface area is 123 Å². The molecule has 1 aromatic heterocycles. The molecule has 21 heavy (non-hydrogen) atoms. The highest BCUT2D eigenvalue weighted by Gasteiger charge is 2.50. The van der Waals surface area contributed by atoms with Gasteiger partial charge in [-0.15, -0.1) is 0 Å². The molecule has 4 nitrogen and oxygen atoms in total. The lowest BCUT2D eigenvalue weighted by Gasteiger charge is -2.46. The molecule has 1 amide bonds. The van der Waals surface area contributed by atoms with Gasteiger partial charge in [-0.3, -0.25) is 9.59 Å². The summed E-state index contributed by atoms with van der Waals surface area (Å²) in [5.41, 5.74) is 2.73. The number of fused-ring (bicyclic) bond motifs is 6. The van der Waals surface area contributed by atoms with Crippen LogP contribution in [-0.2, 0) is 4.79 Å². The number of benzene rings is 1. The maximum atomic E-state index is 12.8. The van der Waals surface area contributed by atoms with Crippen LogP contribution in [0.2, 0.25) is 0 Å². The number of carbonyl (C=O) groups is 2. The van der Waals surface area contributed by atoms with Gasteiger partial charge in [0.15, 0.2) is 5.78 Å².